The molecule has 1 aromatic carbocycles. The molecule has 0 bridgehead atoms. The van der Waals surface area contributed by atoms with Crippen LogP contribution in [0.4, 0.5) is 30.7 Å². The zero-order chi connectivity index (χ0) is 17.9. The van der Waals surface area contributed by atoms with Crippen molar-refractivity contribution in [1.29, 1.82) is 0 Å². The molecule has 1 heterocycles. The number of rotatable bonds is 6. The number of alkyl halides is 7. The highest BCUT2D eigenvalue weighted by molar-refractivity contribution is 5.48. The predicted octanol–water partition coefficient (Wildman–Crippen LogP) is 4.20. The summed E-state index contributed by atoms with van der Waals surface area (Å²) in [5.74, 6) is -1.82. The maximum absolute atomic E-state index is 13.0. The predicted molar refractivity (Wildman–Crippen MR) is 69.4 cm³/mol. The SMILES string of the molecule is FC(F)Oc1cc(C(F)(F)F)c(OC(F)F)cc1C[C@H]1CCCN1. The summed E-state index contributed by atoms with van der Waals surface area (Å²) < 4.78 is 96.7. The summed E-state index contributed by atoms with van der Waals surface area (Å²) in [6, 6.07) is 0.794. The fraction of sp³-hybridized carbons (Fsp3) is 0.571. The first-order valence-corrected chi connectivity index (χ1v) is 7.04. The number of ether oxygens (including phenoxy) is 2. The minimum atomic E-state index is -5.06. The van der Waals surface area contributed by atoms with E-state index in [0.29, 0.717) is 19.0 Å². The van der Waals surface area contributed by atoms with Crippen LogP contribution in [0.2, 0.25) is 0 Å². The van der Waals surface area contributed by atoms with Gasteiger partial charge >= 0.3 is 19.4 Å². The lowest BCUT2D eigenvalue weighted by Gasteiger charge is -2.20. The average molecular weight is 361 g/mol. The lowest BCUT2D eigenvalue weighted by atomic mass is 10.0. The highest BCUT2D eigenvalue weighted by Crippen LogP contribution is 2.41. The first-order chi connectivity index (χ1) is 11.2. The van der Waals surface area contributed by atoms with Crippen LogP contribution in [0.3, 0.4) is 0 Å². The fourth-order valence-corrected chi connectivity index (χ4v) is 2.58. The standard InChI is InChI=1S/C14H14F7NO2/c15-12(16)23-10-6-9(14(19,20)21)11(24-13(17)18)5-7(10)4-8-2-1-3-22-8/h5-6,8,12-13,22H,1-4H2/t8-/m1/s1. The van der Waals surface area contributed by atoms with Gasteiger partial charge in [0.2, 0.25) is 0 Å². The summed E-state index contributed by atoms with van der Waals surface area (Å²) >= 11 is 0. The molecule has 0 unspecified atom stereocenters. The number of benzene rings is 1. The van der Waals surface area contributed by atoms with Gasteiger partial charge in [-0.1, -0.05) is 0 Å². The summed E-state index contributed by atoms with van der Waals surface area (Å²) in [5, 5.41) is 3.04. The first-order valence-electron chi connectivity index (χ1n) is 7.04. The molecule has 0 spiro atoms. The minimum Gasteiger partial charge on any atom is -0.435 e. The van der Waals surface area contributed by atoms with Crippen LogP contribution >= 0.6 is 0 Å². The molecule has 1 fully saturated rings. The molecule has 136 valence electrons. The van der Waals surface area contributed by atoms with E-state index in [0.717, 1.165) is 6.42 Å². The van der Waals surface area contributed by atoms with Gasteiger partial charge in [0.05, 0.1) is 0 Å². The van der Waals surface area contributed by atoms with Crippen molar-refractivity contribution in [3.8, 4) is 11.5 Å². The van der Waals surface area contributed by atoms with Gasteiger partial charge in [0.25, 0.3) is 0 Å². The van der Waals surface area contributed by atoms with Crippen molar-refractivity contribution in [1.82, 2.24) is 5.32 Å². The molecule has 1 aliphatic rings. The van der Waals surface area contributed by atoms with Gasteiger partial charge in [-0.15, -0.1) is 0 Å². The van der Waals surface area contributed by atoms with Crippen LogP contribution in [0.25, 0.3) is 0 Å². The second-order valence-electron chi connectivity index (χ2n) is 5.21. The summed E-state index contributed by atoms with van der Waals surface area (Å²) in [6.45, 7) is -6.15. The van der Waals surface area contributed by atoms with Crippen molar-refractivity contribution in [2.75, 3.05) is 6.54 Å². The Morgan fingerprint density at radius 1 is 1.04 bits per heavy atom. The molecule has 1 atom stereocenters. The third kappa shape index (κ3) is 4.89. The summed E-state index contributed by atoms with van der Waals surface area (Å²) in [4.78, 5) is 0. The van der Waals surface area contributed by atoms with Gasteiger partial charge < -0.3 is 14.8 Å². The normalized spacial score (nSPS) is 18.5. The van der Waals surface area contributed by atoms with Crippen molar-refractivity contribution >= 4 is 0 Å². The Bertz CT molecular complexity index is 557. The number of halogens is 7. The third-order valence-electron chi connectivity index (χ3n) is 3.53. The second-order valence-corrected chi connectivity index (χ2v) is 5.21. The van der Waals surface area contributed by atoms with Crippen molar-refractivity contribution in [3.05, 3.63) is 23.3 Å². The lowest BCUT2D eigenvalue weighted by Crippen LogP contribution is -2.24. The van der Waals surface area contributed by atoms with Gasteiger partial charge in [-0.3, -0.25) is 0 Å². The zero-order valence-corrected chi connectivity index (χ0v) is 12.2. The largest absolute Gasteiger partial charge is 0.435 e. The molecule has 1 aliphatic heterocycles. The van der Waals surface area contributed by atoms with Crippen LogP contribution in [0.15, 0.2) is 12.1 Å². The van der Waals surface area contributed by atoms with E-state index in [4.69, 9.17) is 0 Å². The Morgan fingerprint density at radius 3 is 2.17 bits per heavy atom. The summed E-state index contributed by atoms with van der Waals surface area (Å²) in [7, 11) is 0. The number of nitrogens with one attached hydrogen (secondary N) is 1. The van der Waals surface area contributed by atoms with E-state index in [1.165, 1.54) is 0 Å². The average Bonchev–Trinajstić information content (AvgIpc) is 2.92. The Hall–Kier alpha value is -1.71. The van der Waals surface area contributed by atoms with E-state index in [9.17, 15) is 30.7 Å². The van der Waals surface area contributed by atoms with Gasteiger partial charge in [-0.25, -0.2) is 0 Å². The number of hydrogen-bond acceptors (Lipinski definition) is 3. The van der Waals surface area contributed by atoms with Crippen molar-refractivity contribution in [2.45, 2.75) is 44.7 Å². The monoisotopic (exact) mass is 361 g/mol. The molecule has 10 heteroatoms. The van der Waals surface area contributed by atoms with Crippen LogP contribution in [-0.2, 0) is 12.6 Å². The lowest BCUT2D eigenvalue weighted by molar-refractivity contribution is -0.142. The van der Waals surface area contributed by atoms with Crippen LogP contribution in [0.5, 0.6) is 11.5 Å². The fourth-order valence-electron chi connectivity index (χ4n) is 2.58. The minimum absolute atomic E-state index is 0.0553. The Labute approximate surface area is 132 Å². The molecule has 0 aliphatic carbocycles. The van der Waals surface area contributed by atoms with E-state index in [2.05, 4.69) is 14.8 Å². The molecule has 1 aromatic rings. The second kappa shape index (κ2) is 7.45. The Morgan fingerprint density at radius 2 is 1.67 bits per heavy atom. The van der Waals surface area contributed by atoms with Gasteiger partial charge in [0, 0.05) is 6.04 Å². The van der Waals surface area contributed by atoms with E-state index >= 15 is 0 Å². The van der Waals surface area contributed by atoms with Crippen molar-refractivity contribution in [3.63, 3.8) is 0 Å². The van der Waals surface area contributed by atoms with Crippen LogP contribution in [-0.4, -0.2) is 25.8 Å². The van der Waals surface area contributed by atoms with Crippen molar-refractivity contribution in [2.24, 2.45) is 0 Å². The molecule has 0 radical (unpaired) electrons. The molecule has 0 aromatic heterocycles. The van der Waals surface area contributed by atoms with Gasteiger partial charge in [0.1, 0.15) is 17.1 Å². The van der Waals surface area contributed by atoms with E-state index in [1.54, 1.807) is 0 Å². The molecule has 0 amide bonds. The quantitative estimate of drug-likeness (QED) is 0.771. The smallest absolute Gasteiger partial charge is 0.420 e. The van der Waals surface area contributed by atoms with Crippen molar-refractivity contribution < 1.29 is 40.2 Å². The maximum Gasteiger partial charge on any atom is 0.420 e. The molecule has 24 heavy (non-hydrogen) atoms. The van der Waals surface area contributed by atoms with E-state index < -0.39 is 36.5 Å². The molecule has 1 saturated heterocycles. The highest BCUT2D eigenvalue weighted by atomic mass is 19.4. The van der Waals surface area contributed by atoms with E-state index in [1.807, 2.05) is 0 Å². The molecule has 1 N–H and O–H groups in total. The molecular weight excluding hydrogens is 347 g/mol. The summed E-state index contributed by atoms with van der Waals surface area (Å²) in [6.07, 6.45) is -3.51. The summed E-state index contributed by atoms with van der Waals surface area (Å²) in [5.41, 5.74) is -1.65. The first kappa shape index (κ1) is 18.6. The van der Waals surface area contributed by atoms with Gasteiger partial charge in [0.15, 0.2) is 0 Å². The van der Waals surface area contributed by atoms with Gasteiger partial charge in [-0.2, -0.15) is 30.7 Å². The van der Waals surface area contributed by atoms with E-state index in [-0.39, 0.29) is 24.1 Å². The van der Waals surface area contributed by atoms with Crippen LogP contribution in [0.1, 0.15) is 24.0 Å². The highest BCUT2D eigenvalue weighted by Gasteiger charge is 2.37. The third-order valence-corrected chi connectivity index (χ3v) is 3.53. The number of hydrogen-bond donors (Lipinski definition) is 1. The molecule has 2 rings (SSSR count). The topological polar surface area (TPSA) is 30.5 Å². The maximum atomic E-state index is 13.0. The molecule has 0 saturated carbocycles. The zero-order valence-electron chi connectivity index (χ0n) is 12.2. The van der Waals surface area contributed by atoms with Crippen LogP contribution in [0, 0.1) is 0 Å². The Balaban J connectivity index is 2.44. The molecular formula is C14H14F7NO2. The molecule has 3 nitrogen and oxygen atoms in total. The van der Waals surface area contributed by atoms with Crippen LogP contribution < -0.4 is 14.8 Å². The van der Waals surface area contributed by atoms with Gasteiger partial charge in [-0.05, 0) is 43.5 Å². The Kier molecular flexibility index (Phi) is 5.79.